The molecule has 1 atom stereocenters. The molecule has 1 unspecified atom stereocenters. The fourth-order valence-corrected chi connectivity index (χ4v) is 3.72. The highest BCUT2D eigenvalue weighted by Crippen LogP contribution is 2.15. The fraction of sp³-hybridized carbons (Fsp3) is 1.00. The van der Waals surface area contributed by atoms with Crippen molar-refractivity contribution in [2.24, 2.45) is 5.73 Å². The van der Waals surface area contributed by atoms with E-state index in [1.165, 1.54) is 128 Å². The summed E-state index contributed by atoms with van der Waals surface area (Å²) in [5, 5.41) is 0. The molecule has 0 fully saturated rings. The summed E-state index contributed by atoms with van der Waals surface area (Å²) >= 11 is 0. The molecular formula is C24H51NO. The van der Waals surface area contributed by atoms with E-state index in [0.29, 0.717) is 0 Å². The normalized spacial score (nSPS) is 12.6. The van der Waals surface area contributed by atoms with Crippen LogP contribution in [-0.2, 0) is 4.74 Å². The molecule has 0 saturated heterocycles. The molecule has 2 N–H and O–H groups in total. The SMILES string of the molecule is CCCCCCCCCCCCCCCCCCCCCCC(N)OC. The van der Waals surface area contributed by atoms with Gasteiger partial charge < -0.3 is 10.5 Å². The number of nitrogens with two attached hydrogens (primary N) is 1. The van der Waals surface area contributed by atoms with Crippen LogP contribution in [0.1, 0.15) is 142 Å². The molecular weight excluding hydrogens is 318 g/mol. The highest BCUT2D eigenvalue weighted by molar-refractivity contribution is 4.52. The maximum absolute atomic E-state index is 5.73. The van der Waals surface area contributed by atoms with E-state index >= 15 is 0 Å². The first kappa shape index (κ1) is 25.9. The average molecular weight is 370 g/mol. The van der Waals surface area contributed by atoms with Gasteiger partial charge in [-0.15, -0.1) is 0 Å². The molecule has 0 aliphatic heterocycles. The Balaban J connectivity index is 2.99. The molecule has 0 radical (unpaired) electrons. The summed E-state index contributed by atoms with van der Waals surface area (Å²) in [6, 6.07) is 0. The van der Waals surface area contributed by atoms with E-state index in [-0.39, 0.29) is 6.23 Å². The monoisotopic (exact) mass is 369 g/mol. The van der Waals surface area contributed by atoms with Crippen molar-refractivity contribution in [2.75, 3.05) is 7.11 Å². The number of unbranched alkanes of at least 4 members (excludes halogenated alkanes) is 19. The third-order valence-corrected chi connectivity index (χ3v) is 5.64. The summed E-state index contributed by atoms with van der Waals surface area (Å²) in [5.41, 5.74) is 5.73. The van der Waals surface area contributed by atoms with E-state index in [1.54, 1.807) is 7.11 Å². The summed E-state index contributed by atoms with van der Waals surface area (Å²) in [4.78, 5) is 0. The van der Waals surface area contributed by atoms with Gasteiger partial charge in [-0.05, 0) is 12.8 Å². The second-order valence-corrected chi connectivity index (χ2v) is 8.28. The summed E-state index contributed by atoms with van der Waals surface area (Å²) in [7, 11) is 1.70. The predicted octanol–water partition coefficient (Wildman–Crippen LogP) is 8.13. The summed E-state index contributed by atoms with van der Waals surface area (Å²) in [6.07, 6.45) is 29.5. The maximum Gasteiger partial charge on any atom is 0.105 e. The van der Waals surface area contributed by atoms with Gasteiger partial charge in [-0.25, -0.2) is 0 Å². The first-order valence-corrected chi connectivity index (χ1v) is 12.1. The molecule has 0 aromatic carbocycles. The topological polar surface area (TPSA) is 35.2 Å². The molecule has 0 spiro atoms. The van der Waals surface area contributed by atoms with Gasteiger partial charge in [0, 0.05) is 7.11 Å². The molecule has 0 heterocycles. The van der Waals surface area contributed by atoms with E-state index in [4.69, 9.17) is 10.5 Å². The molecule has 0 aliphatic rings. The second-order valence-electron chi connectivity index (χ2n) is 8.28. The van der Waals surface area contributed by atoms with Crippen LogP contribution in [-0.4, -0.2) is 13.3 Å². The standard InChI is InChI=1S/C24H51NO/c1-3-4-5-6-7-8-9-10-11-12-13-14-15-16-17-18-19-20-21-22-23-24(25)26-2/h24H,3-23,25H2,1-2H3. The van der Waals surface area contributed by atoms with Crippen molar-refractivity contribution in [2.45, 2.75) is 148 Å². The zero-order chi connectivity index (χ0) is 19.1. The van der Waals surface area contributed by atoms with Crippen molar-refractivity contribution in [3.8, 4) is 0 Å². The van der Waals surface area contributed by atoms with Crippen LogP contribution < -0.4 is 5.73 Å². The van der Waals surface area contributed by atoms with E-state index in [2.05, 4.69) is 6.92 Å². The largest absolute Gasteiger partial charge is 0.367 e. The van der Waals surface area contributed by atoms with E-state index in [9.17, 15) is 0 Å². The molecule has 0 saturated carbocycles. The lowest BCUT2D eigenvalue weighted by Gasteiger charge is -2.08. The Kier molecular flexibility index (Phi) is 22.9. The third-order valence-electron chi connectivity index (χ3n) is 5.64. The molecule has 0 bridgehead atoms. The summed E-state index contributed by atoms with van der Waals surface area (Å²) in [5.74, 6) is 0. The predicted molar refractivity (Wildman–Crippen MR) is 118 cm³/mol. The Hall–Kier alpha value is -0.0800. The number of methoxy groups -OCH3 is 1. The molecule has 0 amide bonds. The van der Waals surface area contributed by atoms with Crippen molar-refractivity contribution in [1.82, 2.24) is 0 Å². The van der Waals surface area contributed by atoms with Crippen molar-refractivity contribution in [3.63, 3.8) is 0 Å². The highest BCUT2D eigenvalue weighted by atomic mass is 16.5. The number of hydrogen-bond acceptors (Lipinski definition) is 2. The van der Waals surface area contributed by atoms with Gasteiger partial charge in [0.25, 0.3) is 0 Å². The van der Waals surface area contributed by atoms with Crippen molar-refractivity contribution in [3.05, 3.63) is 0 Å². The van der Waals surface area contributed by atoms with Gasteiger partial charge in [0.05, 0.1) is 0 Å². The highest BCUT2D eigenvalue weighted by Gasteiger charge is 1.99. The molecule has 0 aromatic rings. The van der Waals surface area contributed by atoms with Crippen LogP contribution in [0.4, 0.5) is 0 Å². The lowest BCUT2D eigenvalue weighted by molar-refractivity contribution is 0.0983. The van der Waals surface area contributed by atoms with E-state index in [0.717, 1.165) is 6.42 Å². The minimum absolute atomic E-state index is 0.0504. The summed E-state index contributed by atoms with van der Waals surface area (Å²) in [6.45, 7) is 2.30. The Morgan fingerprint density at radius 2 is 0.769 bits per heavy atom. The molecule has 158 valence electrons. The minimum Gasteiger partial charge on any atom is -0.367 e. The zero-order valence-corrected chi connectivity index (χ0v) is 18.4. The Morgan fingerprint density at radius 1 is 0.500 bits per heavy atom. The number of ether oxygens (including phenoxy) is 1. The molecule has 2 nitrogen and oxygen atoms in total. The number of rotatable bonds is 22. The Morgan fingerprint density at radius 3 is 1.04 bits per heavy atom. The van der Waals surface area contributed by atoms with Crippen LogP contribution in [0.3, 0.4) is 0 Å². The zero-order valence-electron chi connectivity index (χ0n) is 18.4. The van der Waals surface area contributed by atoms with Gasteiger partial charge in [0.1, 0.15) is 6.23 Å². The van der Waals surface area contributed by atoms with Crippen molar-refractivity contribution < 1.29 is 4.74 Å². The summed E-state index contributed by atoms with van der Waals surface area (Å²) < 4.78 is 5.07. The van der Waals surface area contributed by atoms with E-state index in [1.807, 2.05) is 0 Å². The van der Waals surface area contributed by atoms with Crippen LogP contribution in [0.2, 0.25) is 0 Å². The van der Waals surface area contributed by atoms with Gasteiger partial charge >= 0.3 is 0 Å². The van der Waals surface area contributed by atoms with Gasteiger partial charge in [-0.1, -0.05) is 129 Å². The molecule has 0 rings (SSSR count). The van der Waals surface area contributed by atoms with Crippen molar-refractivity contribution >= 4 is 0 Å². The smallest absolute Gasteiger partial charge is 0.105 e. The third kappa shape index (κ3) is 22.0. The second kappa shape index (κ2) is 23.0. The fourth-order valence-electron chi connectivity index (χ4n) is 3.72. The van der Waals surface area contributed by atoms with E-state index < -0.39 is 0 Å². The molecule has 0 aromatic heterocycles. The first-order valence-electron chi connectivity index (χ1n) is 12.1. The minimum atomic E-state index is -0.0504. The van der Waals surface area contributed by atoms with Crippen LogP contribution in [0.5, 0.6) is 0 Å². The van der Waals surface area contributed by atoms with Gasteiger partial charge in [0.15, 0.2) is 0 Å². The van der Waals surface area contributed by atoms with Crippen LogP contribution in [0.15, 0.2) is 0 Å². The Bertz CT molecular complexity index is 244. The lowest BCUT2D eigenvalue weighted by Crippen LogP contribution is -2.21. The van der Waals surface area contributed by atoms with Crippen LogP contribution >= 0.6 is 0 Å². The Labute approximate surface area is 166 Å². The van der Waals surface area contributed by atoms with Gasteiger partial charge in [0.2, 0.25) is 0 Å². The van der Waals surface area contributed by atoms with Crippen LogP contribution in [0, 0.1) is 0 Å². The molecule has 0 aliphatic carbocycles. The first-order chi connectivity index (χ1) is 12.8. The number of hydrogen-bond donors (Lipinski definition) is 1. The van der Waals surface area contributed by atoms with Crippen molar-refractivity contribution in [1.29, 1.82) is 0 Å². The molecule has 2 heteroatoms. The average Bonchev–Trinajstić information content (AvgIpc) is 2.66. The van der Waals surface area contributed by atoms with Gasteiger partial charge in [-0.2, -0.15) is 0 Å². The van der Waals surface area contributed by atoms with Gasteiger partial charge in [-0.3, -0.25) is 0 Å². The van der Waals surface area contributed by atoms with Crippen LogP contribution in [0.25, 0.3) is 0 Å². The quantitative estimate of drug-likeness (QED) is 0.154. The molecule has 26 heavy (non-hydrogen) atoms. The maximum atomic E-state index is 5.73. The lowest BCUT2D eigenvalue weighted by atomic mass is 10.0.